The molecule has 106 valence electrons. The molecule has 0 unspecified atom stereocenters. The van der Waals surface area contributed by atoms with Gasteiger partial charge in [0.15, 0.2) is 0 Å². The molecule has 5 heteroatoms. The van der Waals surface area contributed by atoms with Crippen LogP contribution in [-0.2, 0) is 4.74 Å². The third-order valence-corrected chi connectivity index (χ3v) is 3.21. The molecular formula is C14H24N4O. The van der Waals surface area contributed by atoms with Gasteiger partial charge in [0.2, 0.25) is 0 Å². The molecule has 0 atom stereocenters. The van der Waals surface area contributed by atoms with E-state index in [1.807, 2.05) is 24.4 Å². The lowest BCUT2D eigenvalue weighted by atomic mass is 10.3. The van der Waals surface area contributed by atoms with E-state index in [9.17, 15) is 0 Å². The normalized spacial score (nSPS) is 16.4. The smallest absolute Gasteiger partial charge is 0.125 e. The second-order valence-corrected chi connectivity index (χ2v) is 4.70. The lowest BCUT2D eigenvalue weighted by molar-refractivity contribution is 0.0384. The fourth-order valence-corrected chi connectivity index (χ4v) is 2.08. The maximum absolute atomic E-state index is 5.32. The standard InChI is InChI=1S/C14H24N4O/c1-2-6-16-14(4-1)17-7-3-5-15-8-9-18-10-12-19-13-11-18/h1-2,4,6,15H,3,5,7-13H2,(H,16,17). The van der Waals surface area contributed by atoms with Crippen molar-refractivity contribution in [1.29, 1.82) is 0 Å². The van der Waals surface area contributed by atoms with Crippen LogP contribution in [0.4, 0.5) is 5.82 Å². The summed E-state index contributed by atoms with van der Waals surface area (Å²) < 4.78 is 5.32. The summed E-state index contributed by atoms with van der Waals surface area (Å²) in [7, 11) is 0. The van der Waals surface area contributed by atoms with Crippen molar-refractivity contribution < 1.29 is 4.74 Å². The molecule has 1 saturated heterocycles. The Bertz CT molecular complexity index is 327. The van der Waals surface area contributed by atoms with Crippen LogP contribution in [0, 0.1) is 0 Å². The summed E-state index contributed by atoms with van der Waals surface area (Å²) in [6, 6.07) is 5.92. The summed E-state index contributed by atoms with van der Waals surface area (Å²) in [4.78, 5) is 6.67. The van der Waals surface area contributed by atoms with Crippen molar-refractivity contribution in [2.75, 3.05) is 57.8 Å². The van der Waals surface area contributed by atoms with Crippen LogP contribution < -0.4 is 10.6 Å². The fraction of sp³-hybridized carbons (Fsp3) is 0.643. The number of aromatic nitrogens is 1. The first-order valence-corrected chi connectivity index (χ1v) is 7.11. The average molecular weight is 264 g/mol. The molecule has 0 aliphatic carbocycles. The Labute approximate surface area is 115 Å². The van der Waals surface area contributed by atoms with E-state index in [1.54, 1.807) is 0 Å². The lowest BCUT2D eigenvalue weighted by Crippen LogP contribution is -2.40. The van der Waals surface area contributed by atoms with Crippen LogP contribution >= 0.6 is 0 Å². The first-order valence-electron chi connectivity index (χ1n) is 7.11. The minimum absolute atomic E-state index is 0.883. The molecule has 0 saturated carbocycles. The summed E-state index contributed by atoms with van der Waals surface area (Å²) in [5.74, 6) is 0.954. The third kappa shape index (κ3) is 6.00. The van der Waals surface area contributed by atoms with Gasteiger partial charge in [0, 0.05) is 38.9 Å². The van der Waals surface area contributed by atoms with Crippen LogP contribution in [0.1, 0.15) is 6.42 Å². The number of hydrogen-bond donors (Lipinski definition) is 2. The van der Waals surface area contributed by atoms with Crippen molar-refractivity contribution in [1.82, 2.24) is 15.2 Å². The minimum atomic E-state index is 0.883. The molecule has 1 aromatic heterocycles. The van der Waals surface area contributed by atoms with Gasteiger partial charge < -0.3 is 15.4 Å². The van der Waals surface area contributed by atoms with Crippen LogP contribution in [0.2, 0.25) is 0 Å². The van der Waals surface area contributed by atoms with Gasteiger partial charge in [-0.15, -0.1) is 0 Å². The Hall–Kier alpha value is -1.17. The molecule has 2 N–H and O–H groups in total. The maximum atomic E-state index is 5.32. The van der Waals surface area contributed by atoms with Gasteiger partial charge in [-0.3, -0.25) is 4.90 Å². The van der Waals surface area contributed by atoms with Gasteiger partial charge >= 0.3 is 0 Å². The summed E-state index contributed by atoms with van der Waals surface area (Å²) in [5.41, 5.74) is 0. The van der Waals surface area contributed by atoms with Gasteiger partial charge in [0.05, 0.1) is 13.2 Å². The van der Waals surface area contributed by atoms with E-state index >= 15 is 0 Å². The molecule has 0 amide bonds. The van der Waals surface area contributed by atoms with Gasteiger partial charge in [0.25, 0.3) is 0 Å². The number of anilines is 1. The highest BCUT2D eigenvalue weighted by molar-refractivity contribution is 5.32. The van der Waals surface area contributed by atoms with Gasteiger partial charge in [-0.1, -0.05) is 6.07 Å². The maximum Gasteiger partial charge on any atom is 0.125 e. The molecule has 2 rings (SSSR count). The molecular weight excluding hydrogens is 240 g/mol. The van der Waals surface area contributed by atoms with Crippen LogP contribution in [-0.4, -0.2) is 62.4 Å². The number of pyridine rings is 1. The average Bonchev–Trinajstić information content (AvgIpc) is 2.48. The van der Waals surface area contributed by atoms with Crippen molar-refractivity contribution >= 4 is 5.82 Å². The molecule has 1 aliphatic rings. The number of nitrogens with one attached hydrogen (secondary N) is 2. The van der Waals surface area contributed by atoms with Crippen molar-refractivity contribution in [3.8, 4) is 0 Å². The van der Waals surface area contributed by atoms with E-state index in [1.165, 1.54) is 0 Å². The van der Waals surface area contributed by atoms with Crippen molar-refractivity contribution in [2.24, 2.45) is 0 Å². The quantitative estimate of drug-likeness (QED) is 0.680. The Morgan fingerprint density at radius 2 is 2.05 bits per heavy atom. The van der Waals surface area contributed by atoms with Crippen molar-refractivity contribution in [3.63, 3.8) is 0 Å². The molecule has 5 nitrogen and oxygen atoms in total. The van der Waals surface area contributed by atoms with Crippen LogP contribution in [0.25, 0.3) is 0 Å². The molecule has 1 fully saturated rings. The van der Waals surface area contributed by atoms with Crippen LogP contribution in [0.15, 0.2) is 24.4 Å². The van der Waals surface area contributed by atoms with Gasteiger partial charge in [-0.25, -0.2) is 4.98 Å². The molecule has 2 heterocycles. The second-order valence-electron chi connectivity index (χ2n) is 4.70. The highest BCUT2D eigenvalue weighted by Crippen LogP contribution is 1.99. The highest BCUT2D eigenvalue weighted by atomic mass is 16.5. The monoisotopic (exact) mass is 264 g/mol. The summed E-state index contributed by atoms with van der Waals surface area (Å²) in [6.45, 7) is 8.10. The molecule has 1 aromatic rings. The van der Waals surface area contributed by atoms with Gasteiger partial charge in [0.1, 0.15) is 5.82 Å². The molecule has 1 aliphatic heterocycles. The number of nitrogens with zero attached hydrogens (tertiary/aromatic N) is 2. The third-order valence-electron chi connectivity index (χ3n) is 3.21. The summed E-state index contributed by atoms with van der Waals surface area (Å²) in [5, 5.41) is 6.78. The van der Waals surface area contributed by atoms with E-state index in [-0.39, 0.29) is 0 Å². The van der Waals surface area contributed by atoms with E-state index in [0.29, 0.717) is 0 Å². The topological polar surface area (TPSA) is 49.4 Å². The molecule has 0 spiro atoms. The van der Waals surface area contributed by atoms with E-state index in [4.69, 9.17) is 4.74 Å². The first-order chi connectivity index (χ1) is 9.45. The Morgan fingerprint density at radius 3 is 2.84 bits per heavy atom. The number of ether oxygens (including phenoxy) is 1. The van der Waals surface area contributed by atoms with Gasteiger partial charge in [-0.05, 0) is 25.1 Å². The largest absolute Gasteiger partial charge is 0.379 e. The molecule has 0 bridgehead atoms. The highest BCUT2D eigenvalue weighted by Gasteiger charge is 2.08. The Kier molecular flexibility index (Phi) is 6.63. The fourth-order valence-electron chi connectivity index (χ4n) is 2.08. The zero-order valence-electron chi connectivity index (χ0n) is 11.5. The number of morpholine rings is 1. The zero-order chi connectivity index (χ0) is 13.2. The molecule has 0 radical (unpaired) electrons. The van der Waals surface area contributed by atoms with Crippen LogP contribution in [0.5, 0.6) is 0 Å². The predicted molar refractivity (Wildman–Crippen MR) is 77.5 cm³/mol. The zero-order valence-corrected chi connectivity index (χ0v) is 11.5. The Balaban J connectivity index is 1.42. The first kappa shape index (κ1) is 14.2. The number of rotatable bonds is 8. The summed E-state index contributed by atoms with van der Waals surface area (Å²) in [6.07, 6.45) is 2.92. The van der Waals surface area contributed by atoms with Gasteiger partial charge in [-0.2, -0.15) is 0 Å². The van der Waals surface area contributed by atoms with Crippen molar-refractivity contribution in [3.05, 3.63) is 24.4 Å². The van der Waals surface area contributed by atoms with E-state index in [2.05, 4.69) is 20.5 Å². The van der Waals surface area contributed by atoms with E-state index in [0.717, 1.165) is 64.7 Å². The Morgan fingerprint density at radius 1 is 1.16 bits per heavy atom. The van der Waals surface area contributed by atoms with Crippen LogP contribution in [0.3, 0.4) is 0 Å². The summed E-state index contributed by atoms with van der Waals surface area (Å²) >= 11 is 0. The number of hydrogen-bond acceptors (Lipinski definition) is 5. The molecule has 19 heavy (non-hydrogen) atoms. The van der Waals surface area contributed by atoms with Crippen molar-refractivity contribution in [2.45, 2.75) is 6.42 Å². The molecule has 0 aromatic carbocycles. The second kappa shape index (κ2) is 8.85. The lowest BCUT2D eigenvalue weighted by Gasteiger charge is -2.26. The van der Waals surface area contributed by atoms with E-state index < -0.39 is 0 Å². The SMILES string of the molecule is c1ccc(NCCCNCCN2CCOCC2)nc1. The minimum Gasteiger partial charge on any atom is -0.379 e. The predicted octanol–water partition coefficient (Wildman–Crippen LogP) is 0.805.